The molecule has 0 aliphatic heterocycles. The van der Waals surface area contributed by atoms with Crippen molar-refractivity contribution in [3.8, 4) is 22.5 Å². The van der Waals surface area contributed by atoms with Gasteiger partial charge in [0.25, 0.3) is 5.56 Å². The van der Waals surface area contributed by atoms with Crippen LogP contribution >= 0.6 is 11.3 Å². The predicted octanol–water partition coefficient (Wildman–Crippen LogP) is 4.84. The van der Waals surface area contributed by atoms with Gasteiger partial charge >= 0.3 is 11.4 Å². The molecule has 0 saturated carbocycles. The van der Waals surface area contributed by atoms with Crippen molar-refractivity contribution in [1.82, 2.24) is 24.8 Å². The predicted molar refractivity (Wildman–Crippen MR) is 161 cm³/mol. The Hall–Kier alpha value is -4.48. The van der Waals surface area contributed by atoms with Gasteiger partial charge in [0.05, 0.1) is 24.7 Å². The first-order valence-electron chi connectivity index (χ1n) is 13.1. The molecule has 0 radical (unpaired) electrons. The van der Waals surface area contributed by atoms with Crippen LogP contribution in [0.5, 0.6) is 0 Å². The third kappa shape index (κ3) is 5.59. The third-order valence-corrected chi connectivity index (χ3v) is 8.05. The lowest BCUT2D eigenvalue weighted by molar-refractivity contribution is 0.101. The van der Waals surface area contributed by atoms with Crippen LogP contribution in [-0.4, -0.2) is 26.4 Å². The smallest absolute Gasteiger partial charge is 0.296 e. The van der Waals surface area contributed by atoms with Gasteiger partial charge in [0.2, 0.25) is 0 Å². The van der Waals surface area contributed by atoms with E-state index in [-0.39, 0.29) is 12.1 Å². The Labute approximate surface area is 239 Å². The number of aryl methyl sites for hydroxylation is 1. The fourth-order valence-electron chi connectivity index (χ4n) is 4.52. The summed E-state index contributed by atoms with van der Waals surface area (Å²) in [6, 6.07) is 17.2. The van der Waals surface area contributed by atoms with E-state index in [1.54, 1.807) is 4.57 Å². The van der Waals surface area contributed by atoms with Crippen molar-refractivity contribution in [2.45, 2.75) is 40.7 Å². The number of H-pyrrole nitrogens is 1. The zero-order valence-corrected chi connectivity index (χ0v) is 24.3. The highest BCUT2D eigenvalue weighted by Gasteiger charge is 2.21. The number of fused-ring (bicyclic) bond motifs is 1. The maximum atomic E-state index is 13.8. The normalized spacial score (nSPS) is 12.3. The van der Waals surface area contributed by atoms with Gasteiger partial charge in [0, 0.05) is 22.1 Å². The van der Waals surface area contributed by atoms with Crippen LogP contribution < -0.4 is 22.5 Å². The lowest BCUT2D eigenvalue weighted by atomic mass is 9.93. The number of rotatable bonds is 8. The SMILES string of the molecule is CCc1cc2c(=O)n(C=C(NOC)C(C)(C)C)c(=O)n(Cc3ccc(-c4ccccc4-c4noc(=O)[nH]4)cc3)c2s1. The summed E-state index contributed by atoms with van der Waals surface area (Å²) in [5.41, 5.74) is 5.60. The first-order chi connectivity index (χ1) is 19.6. The van der Waals surface area contributed by atoms with E-state index in [9.17, 15) is 14.4 Å². The van der Waals surface area contributed by atoms with Crippen molar-refractivity contribution >= 4 is 27.8 Å². The summed E-state index contributed by atoms with van der Waals surface area (Å²) in [6.07, 6.45) is 2.29. The third-order valence-electron chi connectivity index (χ3n) is 6.75. The molecule has 0 spiro atoms. The molecule has 41 heavy (non-hydrogen) atoms. The van der Waals surface area contributed by atoms with E-state index in [2.05, 4.69) is 15.6 Å². The summed E-state index contributed by atoms with van der Waals surface area (Å²) in [7, 11) is 1.49. The van der Waals surface area contributed by atoms with Crippen molar-refractivity contribution < 1.29 is 9.36 Å². The number of benzene rings is 2. The molecule has 0 aliphatic rings. The minimum absolute atomic E-state index is 0.272. The molecule has 212 valence electrons. The van der Waals surface area contributed by atoms with Crippen LogP contribution in [0.1, 0.15) is 38.1 Å². The van der Waals surface area contributed by atoms with Crippen LogP contribution in [0.2, 0.25) is 0 Å². The molecule has 0 fully saturated rings. The number of thiophene rings is 1. The van der Waals surface area contributed by atoms with Crippen molar-refractivity contribution in [3.63, 3.8) is 0 Å². The lowest BCUT2D eigenvalue weighted by Crippen LogP contribution is -2.38. The van der Waals surface area contributed by atoms with Gasteiger partial charge in [-0.1, -0.05) is 81.4 Å². The second-order valence-corrected chi connectivity index (χ2v) is 11.7. The number of hydrogen-bond donors (Lipinski definition) is 2. The summed E-state index contributed by atoms with van der Waals surface area (Å²) >= 11 is 1.46. The Bertz CT molecular complexity index is 1920. The monoisotopic (exact) mass is 573 g/mol. The zero-order chi connectivity index (χ0) is 29.3. The van der Waals surface area contributed by atoms with Gasteiger partial charge in [0.15, 0.2) is 5.82 Å². The molecule has 5 rings (SSSR count). The zero-order valence-electron chi connectivity index (χ0n) is 23.5. The summed E-state index contributed by atoms with van der Waals surface area (Å²) in [4.78, 5) is 48.3. The van der Waals surface area contributed by atoms with Crippen LogP contribution in [0.25, 0.3) is 38.9 Å². The second kappa shape index (κ2) is 11.2. The number of nitrogens with zero attached hydrogens (tertiary/aromatic N) is 3. The maximum absolute atomic E-state index is 13.8. The molecule has 0 amide bonds. The number of nitrogens with one attached hydrogen (secondary N) is 2. The topological polar surface area (TPSA) is 124 Å². The molecule has 0 bridgehead atoms. The second-order valence-electron chi connectivity index (χ2n) is 10.6. The molecule has 5 aromatic rings. The van der Waals surface area contributed by atoms with E-state index < -0.39 is 16.9 Å². The van der Waals surface area contributed by atoms with E-state index in [1.165, 1.54) is 24.6 Å². The highest BCUT2D eigenvalue weighted by atomic mass is 32.1. The number of aromatic nitrogens is 4. The Morgan fingerprint density at radius 3 is 2.41 bits per heavy atom. The molecule has 10 nitrogen and oxygen atoms in total. The molecule has 11 heteroatoms. The average Bonchev–Trinajstić information content (AvgIpc) is 3.59. The van der Waals surface area contributed by atoms with Crippen LogP contribution in [0.3, 0.4) is 0 Å². The highest BCUT2D eigenvalue weighted by Crippen LogP contribution is 2.30. The van der Waals surface area contributed by atoms with Crippen LogP contribution in [0, 0.1) is 5.41 Å². The van der Waals surface area contributed by atoms with E-state index in [1.807, 2.05) is 82.3 Å². The van der Waals surface area contributed by atoms with Crippen LogP contribution in [0.15, 0.2) is 79.2 Å². The fourth-order valence-corrected chi connectivity index (χ4v) is 5.60. The van der Waals surface area contributed by atoms with Gasteiger partial charge in [0.1, 0.15) is 4.83 Å². The van der Waals surface area contributed by atoms with Gasteiger partial charge in [-0.3, -0.25) is 29.2 Å². The van der Waals surface area contributed by atoms with Gasteiger partial charge < -0.3 is 0 Å². The van der Waals surface area contributed by atoms with Crippen LogP contribution in [-0.2, 0) is 17.8 Å². The summed E-state index contributed by atoms with van der Waals surface area (Å²) in [5.74, 6) is -0.272. The number of hydroxylamine groups is 1. The minimum Gasteiger partial charge on any atom is -0.296 e. The van der Waals surface area contributed by atoms with E-state index in [4.69, 9.17) is 9.36 Å². The van der Waals surface area contributed by atoms with E-state index in [0.29, 0.717) is 21.7 Å². The van der Waals surface area contributed by atoms with Gasteiger partial charge in [-0.2, -0.15) is 0 Å². The van der Waals surface area contributed by atoms with Crippen molar-refractivity contribution in [3.05, 3.63) is 102 Å². The number of allylic oxidation sites excluding steroid dienone is 1. The van der Waals surface area contributed by atoms with Crippen LogP contribution in [0.4, 0.5) is 0 Å². The Balaban J connectivity index is 1.59. The summed E-state index contributed by atoms with van der Waals surface area (Å²) in [5, 5.41) is 4.33. The number of aromatic amines is 1. The Morgan fingerprint density at radius 2 is 1.80 bits per heavy atom. The first-order valence-corrected chi connectivity index (χ1v) is 14.0. The highest BCUT2D eigenvalue weighted by molar-refractivity contribution is 7.18. The average molecular weight is 574 g/mol. The maximum Gasteiger partial charge on any atom is 0.439 e. The largest absolute Gasteiger partial charge is 0.439 e. The van der Waals surface area contributed by atoms with Gasteiger partial charge in [-0.05, 0) is 29.2 Å². The molecule has 2 N–H and O–H groups in total. The number of hydrogen-bond acceptors (Lipinski definition) is 8. The van der Waals surface area contributed by atoms with Gasteiger partial charge in [-0.15, -0.1) is 11.3 Å². The molecule has 2 aromatic carbocycles. The van der Waals surface area contributed by atoms with E-state index >= 15 is 0 Å². The Kier molecular flexibility index (Phi) is 7.65. The fraction of sp³-hybridized carbons (Fsp3) is 0.267. The molecule has 0 aliphatic carbocycles. The molecule has 0 atom stereocenters. The molecular weight excluding hydrogens is 542 g/mol. The first kappa shape index (κ1) is 28.1. The molecule has 0 unspecified atom stereocenters. The molecule has 3 aromatic heterocycles. The quantitative estimate of drug-likeness (QED) is 0.255. The molecule has 0 saturated heterocycles. The summed E-state index contributed by atoms with van der Waals surface area (Å²) in [6.45, 7) is 8.19. The van der Waals surface area contributed by atoms with Crippen molar-refractivity contribution in [1.29, 1.82) is 0 Å². The minimum atomic E-state index is -0.620. The molecular formula is C30H31N5O5S. The van der Waals surface area contributed by atoms with Gasteiger partial charge in [-0.25, -0.2) is 14.2 Å². The lowest BCUT2D eigenvalue weighted by Gasteiger charge is -2.23. The van der Waals surface area contributed by atoms with Crippen molar-refractivity contribution in [2.24, 2.45) is 5.41 Å². The molecule has 3 heterocycles. The Morgan fingerprint density at radius 1 is 1.10 bits per heavy atom. The van der Waals surface area contributed by atoms with Crippen molar-refractivity contribution in [2.75, 3.05) is 7.11 Å². The van der Waals surface area contributed by atoms with E-state index in [0.717, 1.165) is 38.1 Å². The summed E-state index contributed by atoms with van der Waals surface area (Å²) < 4.78 is 7.50. The standard InChI is InChI=1S/C30H31N5O5S/c1-6-20-15-23-26(36)34(17-24(32-39-5)30(2,3)4)29(38)35(27(23)41-20)16-18-11-13-19(14-12-18)21-9-7-8-10-22(21)25-31-28(37)40-33-25/h7-15,17,32H,6,16H2,1-5H3,(H,31,33,37).